The maximum absolute atomic E-state index is 13.1. The van der Waals surface area contributed by atoms with Crippen molar-refractivity contribution in [3.8, 4) is 0 Å². The normalized spacial score (nSPS) is 17.2. The maximum atomic E-state index is 13.1. The molecule has 2 aromatic rings. The Hall–Kier alpha value is -2.90. The number of nitrogens with two attached hydrogens (primary N) is 1. The summed E-state index contributed by atoms with van der Waals surface area (Å²) in [6.45, 7) is 4.87. The maximum Gasteiger partial charge on any atom is 0.242 e. The molecule has 27 heavy (non-hydrogen) atoms. The first-order valence-electron chi connectivity index (χ1n) is 8.88. The van der Waals surface area contributed by atoms with Crippen LogP contribution in [0.15, 0.2) is 28.8 Å². The number of rotatable bonds is 5. The molecule has 0 radical (unpaired) electrons. The van der Waals surface area contributed by atoms with Crippen LogP contribution in [0, 0.1) is 19.7 Å². The van der Waals surface area contributed by atoms with Gasteiger partial charge in [0.05, 0.1) is 5.69 Å². The van der Waals surface area contributed by atoms with Gasteiger partial charge in [-0.15, -0.1) is 0 Å². The highest BCUT2D eigenvalue weighted by atomic mass is 19.1. The molecule has 2 heterocycles. The third-order valence-corrected chi connectivity index (χ3v) is 4.99. The number of primary amides is 1. The fourth-order valence-corrected chi connectivity index (χ4v) is 3.45. The SMILES string of the molecule is Cc1noc(C)c1CCC(=O)N1CCN(c2ccc(F)cc2)CC1C(N)=O. The van der Waals surface area contributed by atoms with Gasteiger partial charge < -0.3 is 20.1 Å². The van der Waals surface area contributed by atoms with Gasteiger partial charge in [0.25, 0.3) is 0 Å². The van der Waals surface area contributed by atoms with Gasteiger partial charge in [0.15, 0.2) is 0 Å². The van der Waals surface area contributed by atoms with Gasteiger partial charge in [-0.05, 0) is 44.5 Å². The molecule has 1 aromatic heterocycles. The number of benzene rings is 1. The summed E-state index contributed by atoms with van der Waals surface area (Å²) in [6, 6.07) is 5.33. The van der Waals surface area contributed by atoms with Gasteiger partial charge in [-0.25, -0.2) is 4.39 Å². The number of piperazine rings is 1. The number of aryl methyl sites for hydroxylation is 2. The van der Waals surface area contributed by atoms with Gasteiger partial charge in [-0.2, -0.15) is 0 Å². The Morgan fingerprint density at radius 2 is 1.96 bits per heavy atom. The van der Waals surface area contributed by atoms with Crippen LogP contribution in [0.4, 0.5) is 10.1 Å². The van der Waals surface area contributed by atoms with Gasteiger partial charge in [0.1, 0.15) is 17.6 Å². The van der Waals surface area contributed by atoms with E-state index < -0.39 is 11.9 Å². The summed E-state index contributed by atoms with van der Waals surface area (Å²) < 4.78 is 18.2. The van der Waals surface area contributed by atoms with Crippen molar-refractivity contribution >= 4 is 17.5 Å². The lowest BCUT2D eigenvalue weighted by Crippen LogP contribution is -2.60. The van der Waals surface area contributed by atoms with E-state index in [9.17, 15) is 14.0 Å². The van der Waals surface area contributed by atoms with E-state index in [2.05, 4.69) is 5.16 Å². The predicted molar refractivity (Wildman–Crippen MR) is 97.6 cm³/mol. The molecule has 0 bridgehead atoms. The molecule has 0 spiro atoms. The summed E-state index contributed by atoms with van der Waals surface area (Å²) in [5.41, 5.74) is 8.04. The van der Waals surface area contributed by atoms with Crippen LogP contribution in [-0.4, -0.2) is 47.5 Å². The van der Waals surface area contributed by atoms with Crippen LogP contribution in [0.1, 0.15) is 23.4 Å². The van der Waals surface area contributed by atoms with Gasteiger partial charge in [-0.3, -0.25) is 9.59 Å². The lowest BCUT2D eigenvalue weighted by Gasteiger charge is -2.41. The highest BCUT2D eigenvalue weighted by Crippen LogP contribution is 2.21. The van der Waals surface area contributed by atoms with Crippen molar-refractivity contribution in [3.63, 3.8) is 0 Å². The van der Waals surface area contributed by atoms with E-state index in [4.69, 9.17) is 10.3 Å². The molecule has 1 aliphatic heterocycles. The smallest absolute Gasteiger partial charge is 0.242 e. The summed E-state index contributed by atoms with van der Waals surface area (Å²) in [4.78, 5) is 28.2. The molecule has 1 atom stereocenters. The second-order valence-electron chi connectivity index (χ2n) is 6.73. The van der Waals surface area contributed by atoms with E-state index in [1.165, 1.54) is 12.1 Å². The largest absolute Gasteiger partial charge is 0.368 e. The number of anilines is 1. The average molecular weight is 374 g/mol. The van der Waals surface area contributed by atoms with Crippen molar-refractivity contribution in [3.05, 3.63) is 47.1 Å². The molecule has 1 aromatic carbocycles. The van der Waals surface area contributed by atoms with Crippen molar-refractivity contribution < 1.29 is 18.5 Å². The van der Waals surface area contributed by atoms with Crippen LogP contribution in [-0.2, 0) is 16.0 Å². The number of carbonyl (C=O) groups is 2. The molecule has 1 saturated heterocycles. The molecule has 1 aliphatic rings. The molecule has 7 nitrogen and oxygen atoms in total. The molecule has 1 fully saturated rings. The zero-order valence-corrected chi connectivity index (χ0v) is 15.4. The van der Waals surface area contributed by atoms with Crippen LogP contribution >= 0.6 is 0 Å². The van der Waals surface area contributed by atoms with E-state index in [1.807, 2.05) is 18.7 Å². The first-order valence-corrected chi connectivity index (χ1v) is 8.88. The van der Waals surface area contributed by atoms with E-state index in [0.717, 1.165) is 16.9 Å². The first kappa shape index (κ1) is 18.9. The predicted octanol–water partition coefficient (Wildman–Crippen LogP) is 1.57. The topological polar surface area (TPSA) is 92.7 Å². The van der Waals surface area contributed by atoms with Gasteiger partial charge in [-0.1, -0.05) is 5.16 Å². The Labute approximate surface area is 156 Å². The summed E-state index contributed by atoms with van der Waals surface area (Å²) in [5.74, 6) is -0.295. The molecular formula is C19H23FN4O3. The number of hydrogen-bond acceptors (Lipinski definition) is 5. The Kier molecular flexibility index (Phi) is 5.43. The van der Waals surface area contributed by atoms with Crippen LogP contribution in [0.5, 0.6) is 0 Å². The third-order valence-electron chi connectivity index (χ3n) is 4.99. The molecular weight excluding hydrogens is 351 g/mol. The average Bonchev–Trinajstić information content (AvgIpc) is 2.97. The molecule has 1 unspecified atom stereocenters. The fraction of sp³-hybridized carbons (Fsp3) is 0.421. The van der Waals surface area contributed by atoms with Gasteiger partial charge in [0, 0.05) is 37.3 Å². The van der Waals surface area contributed by atoms with Crippen molar-refractivity contribution in [1.82, 2.24) is 10.1 Å². The molecule has 0 aliphatic carbocycles. The van der Waals surface area contributed by atoms with Crippen LogP contribution < -0.4 is 10.6 Å². The zero-order valence-electron chi connectivity index (χ0n) is 15.4. The van der Waals surface area contributed by atoms with Crippen LogP contribution in [0.3, 0.4) is 0 Å². The van der Waals surface area contributed by atoms with Gasteiger partial charge in [0.2, 0.25) is 11.8 Å². The minimum absolute atomic E-state index is 0.127. The number of halogens is 1. The lowest BCUT2D eigenvalue weighted by molar-refractivity contribution is -0.139. The highest BCUT2D eigenvalue weighted by molar-refractivity contribution is 5.87. The van der Waals surface area contributed by atoms with Gasteiger partial charge >= 0.3 is 0 Å². The van der Waals surface area contributed by atoms with Crippen molar-refractivity contribution in [2.45, 2.75) is 32.7 Å². The van der Waals surface area contributed by atoms with Crippen molar-refractivity contribution in [2.24, 2.45) is 5.73 Å². The van der Waals surface area contributed by atoms with E-state index >= 15 is 0 Å². The molecule has 0 saturated carbocycles. The molecule has 8 heteroatoms. The summed E-state index contributed by atoms with van der Waals surface area (Å²) >= 11 is 0. The molecule has 2 amide bonds. The minimum atomic E-state index is -0.721. The Bertz CT molecular complexity index is 814. The van der Waals surface area contributed by atoms with Crippen molar-refractivity contribution in [2.75, 3.05) is 24.5 Å². The van der Waals surface area contributed by atoms with Crippen LogP contribution in [0.2, 0.25) is 0 Å². The summed E-state index contributed by atoms with van der Waals surface area (Å²) in [7, 11) is 0. The second kappa shape index (κ2) is 7.77. The Morgan fingerprint density at radius 1 is 1.26 bits per heavy atom. The number of aromatic nitrogens is 1. The van der Waals surface area contributed by atoms with E-state index in [-0.39, 0.29) is 24.7 Å². The highest BCUT2D eigenvalue weighted by Gasteiger charge is 2.34. The van der Waals surface area contributed by atoms with E-state index in [0.29, 0.717) is 25.3 Å². The zero-order chi connectivity index (χ0) is 19.6. The van der Waals surface area contributed by atoms with Crippen LogP contribution in [0.25, 0.3) is 0 Å². The molecule has 3 rings (SSSR count). The number of hydrogen-bond donors (Lipinski definition) is 1. The molecule has 2 N–H and O–H groups in total. The Morgan fingerprint density at radius 3 is 2.56 bits per heavy atom. The minimum Gasteiger partial charge on any atom is -0.368 e. The Balaban J connectivity index is 1.67. The van der Waals surface area contributed by atoms with Crippen molar-refractivity contribution in [1.29, 1.82) is 0 Å². The monoisotopic (exact) mass is 374 g/mol. The summed E-state index contributed by atoms with van der Waals surface area (Å²) in [5, 5.41) is 3.89. The second-order valence-corrected chi connectivity index (χ2v) is 6.73. The quantitative estimate of drug-likeness (QED) is 0.857. The fourth-order valence-electron chi connectivity index (χ4n) is 3.45. The number of nitrogens with zero attached hydrogens (tertiary/aromatic N) is 3. The van der Waals surface area contributed by atoms with E-state index in [1.54, 1.807) is 17.0 Å². The summed E-state index contributed by atoms with van der Waals surface area (Å²) in [6.07, 6.45) is 0.757. The molecule has 144 valence electrons. The lowest BCUT2D eigenvalue weighted by atomic mass is 10.1. The first-order chi connectivity index (χ1) is 12.9. The number of amides is 2. The third kappa shape index (κ3) is 4.10. The number of carbonyl (C=O) groups excluding carboxylic acids is 2. The standard InChI is InChI=1S/C19H23FN4O3/c1-12-16(13(2)27-22-12)7-8-18(25)24-10-9-23(11-17(24)19(21)26)15-5-3-14(20)4-6-15/h3-6,17H,7-11H2,1-2H3,(H2,21,26).